The Hall–Kier alpha value is -1.12. The Morgan fingerprint density at radius 2 is 2.43 bits per heavy atom. The molecule has 2 aromatic heterocycles. The van der Waals surface area contributed by atoms with Crippen LogP contribution in [0.5, 0.6) is 0 Å². The average Bonchev–Trinajstić information content (AvgIpc) is 2.72. The number of aryl methyl sites for hydroxylation is 1. The molecule has 0 aliphatic rings. The zero-order valence-electron chi connectivity index (χ0n) is 7.24. The second-order valence-corrected chi connectivity index (χ2v) is 4.43. The molecule has 3 nitrogen and oxygen atoms in total. The lowest BCUT2D eigenvalue weighted by Crippen LogP contribution is -1.74. The van der Waals surface area contributed by atoms with Gasteiger partial charge in [0, 0.05) is 0 Å². The van der Waals surface area contributed by atoms with Gasteiger partial charge in [0.05, 0.1) is 4.88 Å². The summed E-state index contributed by atoms with van der Waals surface area (Å²) in [5, 5.41) is 14.3. The molecule has 0 atom stereocenters. The van der Waals surface area contributed by atoms with Crippen LogP contribution in [0.2, 0.25) is 0 Å². The average molecular weight is 269 g/mol. The number of nitriles is 1. The number of rotatable bonds is 1. The third-order valence-electron chi connectivity index (χ3n) is 1.81. The highest BCUT2D eigenvalue weighted by Crippen LogP contribution is 2.35. The minimum atomic E-state index is 0.285. The summed E-state index contributed by atoms with van der Waals surface area (Å²) in [7, 11) is 0. The van der Waals surface area contributed by atoms with Crippen LogP contribution in [0, 0.1) is 18.3 Å². The fraction of sp³-hybridized carbons (Fsp3) is 0.111. The third kappa shape index (κ3) is 1.37. The van der Waals surface area contributed by atoms with Crippen molar-refractivity contribution < 1.29 is 4.52 Å². The Labute approximate surface area is 93.1 Å². The number of aromatic nitrogens is 1. The first-order valence-electron chi connectivity index (χ1n) is 3.83. The number of nitrogens with zero attached hydrogens (tertiary/aromatic N) is 2. The smallest absolute Gasteiger partial charge is 0.198 e. The number of hydrogen-bond donors (Lipinski definition) is 0. The Kier molecular flexibility index (Phi) is 2.40. The molecule has 0 bridgehead atoms. The first-order valence-corrected chi connectivity index (χ1v) is 5.51. The summed E-state index contributed by atoms with van der Waals surface area (Å²) in [6.07, 6.45) is 0. The SMILES string of the molecule is Cc1ccsc1-c1onc(C#N)c1Br. The molecule has 70 valence electrons. The maximum atomic E-state index is 8.70. The van der Waals surface area contributed by atoms with Crippen LogP contribution in [0.3, 0.4) is 0 Å². The van der Waals surface area contributed by atoms with Crippen molar-refractivity contribution in [2.75, 3.05) is 0 Å². The molecule has 2 rings (SSSR count). The molecule has 0 saturated heterocycles. The van der Waals surface area contributed by atoms with Crippen LogP contribution in [0.4, 0.5) is 0 Å². The van der Waals surface area contributed by atoms with Crippen LogP contribution in [0.1, 0.15) is 11.3 Å². The van der Waals surface area contributed by atoms with Gasteiger partial charge in [0.2, 0.25) is 0 Å². The van der Waals surface area contributed by atoms with Gasteiger partial charge in [-0.3, -0.25) is 0 Å². The van der Waals surface area contributed by atoms with Gasteiger partial charge in [0.1, 0.15) is 10.5 Å². The monoisotopic (exact) mass is 268 g/mol. The molecule has 2 aromatic rings. The Balaban J connectivity index is 2.59. The van der Waals surface area contributed by atoms with E-state index in [4.69, 9.17) is 9.78 Å². The molecule has 0 N–H and O–H groups in total. The van der Waals surface area contributed by atoms with E-state index in [0.29, 0.717) is 10.2 Å². The molecule has 5 heteroatoms. The van der Waals surface area contributed by atoms with Crippen LogP contribution in [0.25, 0.3) is 10.6 Å². The van der Waals surface area contributed by atoms with E-state index in [2.05, 4.69) is 21.1 Å². The first kappa shape index (κ1) is 9.44. The molecule has 0 saturated carbocycles. The molecule has 0 aromatic carbocycles. The zero-order valence-corrected chi connectivity index (χ0v) is 9.65. The van der Waals surface area contributed by atoms with Gasteiger partial charge < -0.3 is 4.52 Å². The molecule has 0 radical (unpaired) electrons. The van der Waals surface area contributed by atoms with E-state index in [1.807, 2.05) is 24.4 Å². The predicted molar refractivity (Wildman–Crippen MR) is 57.0 cm³/mol. The molecule has 0 spiro atoms. The summed E-state index contributed by atoms with van der Waals surface area (Å²) in [6, 6.07) is 3.95. The molecule has 14 heavy (non-hydrogen) atoms. The second kappa shape index (κ2) is 3.56. The topological polar surface area (TPSA) is 49.8 Å². The molecule has 2 heterocycles. The van der Waals surface area contributed by atoms with Gasteiger partial charge in [-0.2, -0.15) is 5.26 Å². The van der Waals surface area contributed by atoms with Crippen molar-refractivity contribution in [3.63, 3.8) is 0 Å². The maximum Gasteiger partial charge on any atom is 0.198 e. The fourth-order valence-electron chi connectivity index (χ4n) is 1.09. The molecule has 0 unspecified atom stereocenters. The van der Waals surface area contributed by atoms with Gasteiger partial charge in [-0.1, -0.05) is 5.16 Å². The van der Waals surface area contributed by atoms with E-state index in [-0.39, 0.29) is 5.69 Å². The van der Waals surface area contributed by atoms with Crippen molar-refractivity contribution in [3.8, 4) is 16.7 Å². The lowest BCUT2D eigenvalue weighted by atomic mass is 10.2. The number of halogens is 1. The first-order chi connectivity index (χ1) is 6.74. The predicted octanol–water partition coefficient (Wildman–Crippen LogP) is 3.35. The van der Waals surface area contributed by atoms with E-state index in [0.717, 1.165) is 10.4 Å². The van der Waals surface area contributed by atoms with Crippen LogP contribution >= 0.6 is 27.3 Å². The molecule has 0 amide bonds. The summed E-state index contributed by atoms with van der Waals surface area (Å²) in [4.78, 5) is 1.01. The fourth-order valence-corrected chi connectivity index (χ4v) is 2.57. The maximum absolute atomic E-state index is 8.70. The minimum absolute atomic E-state index is 0.285. The van der Waals surface area contributed by atoms with Gasteiger partial charge in [-0.15, -0.1) is 11.3 Å². The van der Waals surface area contributed by atoms with Gasteiger partial charge in [-0.25, -0.2) is 0 Å². The van der Waals surface area contributed by atoms with Gasteiger partial charge in [0.25, 0.3) is 0 Å². The summed E-state index contributed by atoms with van der Waals surface area (Å²) < 4.78 is 5.73. The highest BCUT2D eigenvalue weighted by atomic mass is 79.9. The van der Waals surface area contributed by atoms with Crippen molar-refractivity contribution in [2.24, 2.45) is 0 Å². The van der Waals surface area contributed by atoms with E-state index in [9.17, 15) is 0 Å². The lowest BCUT2D eigenvalue weighted by Gasteiger charge is -1.92. The highest BCUT2D eigenvalue weighted by Gasteiger charge is 2.17. The summed E-state index contributed by atoms with van der Waals surface area (Å²) in [5.74, 6) is 0.633. The van der Waals surface area contributed by atoms with Gasteiger partial charge in [0.15, 0.2) is 11.5 Å². The zero-order chi connectivity index (χ0) is 10.1. The van der Waals surface area contributed by atoms with Crippen LogP contribution in [-0.4, -0.2) is 5.16 Å². The van der Waals surface area contributed by atoms with E-state index < -0.39 is 0 Å². The molecule has 0 aliphatic carbocycles. The molecule has 0 aliphatic heterocycles. The molecule has 0 fully saturated rings. The lowest BCUT2D eigenvalue weighted by molar-refractivity contribution is 0.430. The number of hydrogen-bond acceptors (Lipinski definition) is 4. The quantitative estimate of drug-likeness (QED) is 0.797. The van der Waals surface area contributed by atoms with Crippen LogP contribution < -0.4 is 0 Å². The summed E-state index contributed by atoms with van der Waals surface area (Å²) in [5.41, 5.74) is 1.41. The van der Waals surface area contributed by atoms with Crippen LogP contribution in [0.15, 0.2) is 20.4 Å². The number of thiophene rings is 1. The second-order valence-electron chi connectivity index (χ2n) is 2.72. The van der Waals surface area contributed by atoms with Gasteiger partial charge >= 0.3 is 0 Å². The summed E-state index contributed by atoms with van der Waals surface area (Å²) in [6.45, 7) is 1.99. The van der Waals surface area contributed by atoms with Crippen molar-refractivity contribution >= 4 is 27.3 Å². The Morgan fingerprint density at radius 3 is 2.93 bits per heavy atom. The van der Waals surface area contributed by atoms with E-state index in [1.165, 1.54) is 0 Å². The van der Waals surface area contributed by atoms with Crippen molar-refractivity contribution in [1.82, 2.24) is 5.16 Å². The van der Waals surface area contributed by atoms with Crippen LogP contribution in [-0.2, 0) is 0 Å². The van der Waals surface area contributed by atoms with E-state index >= 15 is 0 Å². The highest BCUT2D eigenvalue weighted by molar-refractivity contribution is 9.10. The minimum Gasteiger partial charge on any atom is -0.353 e. The van der Waals surface area contributed by atoms with Crippen molar-refractivity contribution in [3.05, 3.63) is 27.2 Å². The Bertz CT molecular complexity index is 509. The molecular weight excluding hydrogens is 264 g/mol. The van der Waals surface area contributed by atoms with Crippen molar-refractivity contribution in [2.45, 2.75) is 6.92 Å². The normalized spacial score (nSPS) is 10.1. The summed E-state index contributed by atoms with van der Waals surface area (Å²) >= 11 is 4.86. The third-order valence-corrected chi connectivity index (χ3v) is 3.56. The molecular formula is C9H5BrN2OS. The van der Waals surface area contributed by atoms with E-state index in [1.54, 1.807) is 11.3 Å². The van der Waals surface area contributed by atoms with Gasteiger partial charge in [-0.05, 0) is 39.9 Å². The standard InChI is InChI=1S/C9H5BrN2OS/c1-5-2-3-14-9(5)8-7(10)6(4-11)12-13-8/h2-3H,1H3. The Morgan fingerprint density at radius 1 is 1.64 bits per heavy atom. The largest absolute Gasteiger partial charge is 0.353 e. The van der Waals surface area contributed by atoms with Crippen molar-refractivity contribution in [1.29, 1.82) is 5.26 Å².